The molecule has 1 saturated carbocycles. The molecule has 0 spiro atoms. The first kappa shape index (κ1) is 15.2. The minimum absolute atomic E-state index is 0.227. The second-order valence-corrected chi connectivity index (χ2v) is 6.80. The standard InChI is InChI=1S/C20H22N2O2/c23-20(19-2-1-9-24-19)22-18-7-4-14(5-8-18)12-21-13-17-11-15-3-6-16(17)10-15/h1-9,15-17,21H,10-13H2,(H,22,23). The van der Waals surface area contributed by atoms with Gasteiger partial charge in [0, 0.05) is 12.2 Å². The molecule has 0 aliphatic heterocycles. The van der Waals surface area contributed by atoms with Gasteiger partial charge in [-0.25, -0.2) is 0 Å². The van der Waals surface area contributed by atoms with Gasteiger partial charge in [-0.3, -0.25) is 4.79 Å². The number of furan rings is 1. The van der Waals surface area contributed by atoms with Gasteiger partial charge < -0.3 is 15.1 Å². The Labute approximate surface area is 141 Å². The molecule has 4 nitrogen and oxygen atoms in total. The van der Waals surface area contributed by atoms with Crippen molar-refractivity contribution in [3.8, 4) is 0 Å². The van der Waals surface area contributed by atoms with Crippen molar-refractivity contribution in [2.24, 2.45) is 17.8 Å². The molecule has 1 fully saturated rings. The largest absolute Gasteiger partial charge is 0.459 e. The SMILES string of the molecule is O=C(Nc1ccc(CNCC2CC3C=CC2C3)cc1)c1ccco1. The van der Waals surface area contributed by atoms with Crippen molar-refractivity contribution in [1.29, 1.82) is 0 Å². The van der Waals surface area contributed by atoms with Crippen LogP contribution in [0.1, 0.15) is 29.0 Å². The first-order valence-corrected chi connectivity index (χ1v) is 8.61. The second kappa shape index (κ2) is 6.65. The first-order valence-electron chi connectivity index (χ1n) is 8.61. The number of fused-ring (bicyclic) bond motifs is 2. The normalized spacial score (nSPS) is 24.4. The molecule has 2 bridgehead atoms. The van der Waals surface area contributed by atoms with Crippen molar-refractivity contribution >= 4 is 11.6 Å². The van der Waals surface area contributed by atoms with Gasteiger partial charge in [0.15, 0.2) is 5.76 Å². The molecule has 2 N–H and O–H groups in total. The number of amides is 1. The molecule has 2 aliphatic rings. The van der Waals surface area contributed by atoms with Crippen molar-refractivity contribution in [2.45, 2.75) is 19.4 Å². The Hall–Kier alpha value is -2.33. The van der Waals surface area contributed by atoms with Gasteiger partial charge in [0.25, 0.3) is 5.91 Å². The number of carbonyl (C=O) groups excluding carboxylic acids is 1. The maximum atomic E-state index is 11.9. The summed E-state index contributed by atoms with van der Waals surface area (Å²) in [5.41, 5.74) is 2.00. The summed E-state index contributed by atoms with van der Waals surface area (Å²) in [6, 6.07) is 11.3. The maximum Gasteiger partial charge on any atom is 0.291 e. The molecule has 3 unspecified atom stereocenters. The van der Waals surface area contributed by atoms with Crippen molar-refractivity contribution in [2.75, 3.05) is 11.9 Å². The summed E-state index contributed by atoms with van der Waals surface area (Å²) in [7, 11) is 0. The molecule has 1 heterocycles. The molecule has 2 aromatic rings. The number of nitrogens with one attached hydrogen (secondary N) is 2. The van der Waals surface area contributed by atoms with Crippen LogP contribution in [-0.2, 0) is 6.54 Å². The highest BCUT2D eigenvalue weighted by molar-refractivity contribution is 6.02. The monoisotopic (exact) mass is 322 g/mol. The lowest BCUT2D eigenvalue weighted by Gasteiger charge is -2.18. The Morgan fingerprint density at radius 2 is 2.00 bits per heavy atom. The summed E-state index contributed by atoms with van der Waals surface area (Å²) in [5.74, 6) is 2.52. The van der Waals surface area contributed by atoms with Crippen molar-refractivity contribution in [3.63, 3.8) is 0 Å². The Morgan fingerprint density at radius 3 is 2.67 bits per heavy atom. The van der Waals surface area contributed by atoms with E-state index in [9.17, 15) is 4.79 Å². The molecule has 0 radical (unpaired) electrons. The van der Waals surface area contributed by atoms with E-state index in [-0.39, 0.29) is 5.91 Å². The molecular formula is C20H22N2O2. The molecule has 1 amide bonds. The number of rotatable bonds is 6. The molecule has 4 rings (SSSR count). The number of hydrogen-bond acceptors (Lipinski definition) is 3. The zero-order chi connectivity index (χ0) is 16.4. The van der Waals surface area contributed by atoms with E-state index in [1.807, 2.05) is 24.3 Å². The van der Waals surface area contributed by atoms with Crippen LogP contribution in [0.3, 0.4) is 0 Å². The van der Waals surface area contributed by atoms with Gasteiger partial charge in [0.2, 0.25) is 0 Å². The van der Waals surface area contributed by atoms with E-state index in [2.05, 4.69) is 22.8 Å². The zero-order valence-corrected chi connectivity index (χ0v) is 13.6. The smallest absolute Gasteiger partial charge is 0.291 e. The minimum Gasteiger partial charge on any atom is -0.459 e. The topological polar surface area (TPSA) is 54.3 Å². The van der Waals surface area contributed by atoms with Crippen LogP contribution < -0.4 is 10.6 Å². The third kappa shape index (κ3) is 3.29. The van der Waals surface area contributed by atoms with Crippen molar-refractivity contribution < 1.29 is 9.21 Å². The number of benzene rings is 1. The Bertz CT molecular complexity index is 719. The second-order valence-electron chi connectivity index (χ2n) is 6.80. The van der Waals surface area contributed by atoms with Gasteiger partial charge in [-0.05, 0) is 67.0 Å². The van der Waals surface area contributed by atoms with E-state index in [0.29, 0.717) is 5.76 Å². The molecule has 0 saturated heterocycles. The summed E-state index contributed by atoms with van der Waals surface area (Å²) in [4.78, 5) is 11.9. The minimum atomic E-state index is -0.227. The van der Waals surface area contributed by atoms with Gasteiger partial charge in [0.1, 0.15) is 0 Å². The number of hydrogen-bond donors (Lipinski definition) is 2. The first-order chi connectivity index (χ1) is 11.8. The summed E-state index contributed by atoms with van der Waals surface area (Å²) in [6.07, 6.45) is 8.98. The third-order valence-electron chi connectivity index (χ3n) is 5.11. The summed E-state index contributed by atoms with van der Waals surface area (Å²) in [5, 5.41) is 6.40. The lowest BCUT2D eigenvalue weighted by molar-refractivity contribution is 0.0996. The van der Waals surface area contributed by atoms with Gasteiger partial charge in [-0.15, -0.1) is 0 Å². The van der Waals surface area contributed by atoms with E-state index in [4.69, 9.17) is 4.42 Å². The molecular weight excluding hydrogens is 300 g/mol. The van der Waals surface area contributed by atoms with Crippen LogP contribution in [0.4, 0.5) is 5.69 Å². The Kier molecular flexibility index (Phi) is 4.22. The van der Waals surface area contributed by atoms with Crippen LogP contribution >= 0.6 is 0 Å². The lowest BCUT2D eigenvalue weighted by Crippen LogP contribution is -2.25. The van der Waals surface area contributed by atoms with Crippen molar-refractivity contribution in [3.05, 3.63) is 66.1 Å². The third-order valence-corrected chi connectivity index (χ3v) is 5.11. The molecule has 4 heteroatoms. The van der Waals surface area contributed by atoms with E-state index in [1.165, 1.54) is 24.7 Å². The van der Waals surface area contributed by atoms with E-state index in [0.717, 1.165) is 36.5 Å². The quantitative estimate of drug-likeness (QED) is 0.795. The Morgan fingerprint density at radius 1 is 1.12 bits per heavy atom. The molecule has 1 aromatic carbocycles. The predicted molar refractivity (Wildman–Crippen MR) is 93.7 cm³/mol. The molecule has 2 aliphatic carbocycles. The zero-order valence-electron chi connectivity index (χ0n) is 13.6. The fraction of sp³-hybridized carbons (Fsp3) is 0.350. The van der Waals surface area contributed by atoms with Crippen LogP contribution in [0, 0.1) is 17.8 Å². The maximum absolute atomic E-state index is 11.9. The molecule has 24 heavy (non-hydrogen) atoms. The van der Waals surface area contributed by atoms with Crippen LogP contribution in [0.2, 0.25) is 0 Å². The predicted octanol–water partition coefficient (Wildman–Crippen LogP) is 3.83. The van der Waals surface area contributed by atoms with E-state index >= 15 is 0 Å². The van der Waals surface area contributed by atoms with E-state index < -0.39 is 0 Å². The number of carbonyl (C=O) groups is 1. The fourth-order valence-electron chi connectivity index (χ4n) is 3.84. The lowest BCUT2D eigenvalue weighted by atomic mass is 9.93. The molecule has 3 atom stereocenters. The summed E-state index contributed by atoms with van der Waals surface area (Å²) < 4.78 is 5.09. The van der Waals surface area contributed by atoms with Crippen molar-refractivity contribution in [1.82, 2.24) is 5.32 Å². The molecule has 124 valence electrons. The summed E-state index contributed by atoms with van der Waals surface area (Å²) in [6.45, 7) is 1.95. The van der Waals surface area contributed by atoms with Gasteiger partial charge >= 0.3 is 0 Å². The summed E-state index contributed by atoms with van der Waals surface area (Å²) >= 11 is 0. The number of anilines is 1. The number of allylic oxidation sites excluding steroid dienone is 2. The van der Waals surface area contributed by atoms with Crippen LogP contribution in [-0.4, -0.2) is 12.5 Å². The van der Waals surface area contributed by atoms with Crippen LogP contribution in [0.15, 0.2) is 59.2 Å². The van der Waals surface area contributed by atoms with E-state index in [1.54, 1.807) is 12.1 Å². The Balaban J connectivity index is 1.25. The highest BCUT2D eigenvalue weighted by atomic mass is 16.3. The highest BCUT2D eigenvalue weighted by Gasteiger charge is 2.34. The fourth-order valence-corrected chi connectivity index (χ4v) is 3.84. The van der Waals surface area contributed by atoms with Gasteiger partial charge in [-0.1, -0.05) is 24.3 Å². The van der Waals surface area contributed by atoms with Crippen LogP contribution in [0.5, 0.6) is 0 Å². The van der Waals surface area contributed by atoms with Gasteiger partial charge in [0.05, 0.1) is 6.26 Å². The average molecular weight is 322 g/mol. The highest BCUT2D eigenvalue weighted by Crippen LogP contribution is 2.42. The van der Waals surface area contributed by atoms with Gasteiger partial charge in [-0.2, -0.15) is 0 Å². The van der Waals surface area contributed by atoms with Crippen LogP contribution in [0.25, 0.3) is 0 Å². The molecule has 1 aromatic heterocycles. The average Bonchev–Trinajstić information content (AvgIpc) is 3.34.